The molecule has 1 aliphatic rings. The lowest BCUT2D eigenvalue weighted by Crippen LogP contribution is -2.61. The lowest BCUT2D eigenvalue weighted by molar-refractivity contribution is 0.0582. The molecule has 5 nitrogen and oxygen atoms in total. The number of rotatable bonds is 2. The third-order valence-corrected chi connectivity index (χ3v) is 4.37. The first-order valence-electron chi connectivity index (χ1n) is 5.12. The molecule has 2 rings (SSSR count). The van der Waals surface area contributed by atoms with Crippen LogP contribution in [-0.2, 0) is 0 Å². The van der Waals surface area contributed by atoms with Gasteiger partial charge >= 0.3 is 6.03 Å². The third kappa shape index (κ3) is 2.61. The summed E-state index contributed by atoms with van der Waals surface area (Å²) >= 11 is 4.76. The van der Waals surface area contributed by atoms with Crippen molar-refractivity contribution in [3.63, 3.8) is 0 Å². The molecule has 17 heavy (non-hydrogen) atoms. The van der Waals surface area contributed by atoms with Gasteiger partial charge in [0.15, 0.2) is 0 Å². The van der Waals surface area contributed by atoms with Crippen molar-refractivity contribution in [3.8, 4) is 0 Å². The zero-order chi connectivity index (χ0) is 12.4. The van der Waals surface area contributed by atoms with Gasteiger partial charge < -0.3 is 15.5 Å². The second-order valence-corrected chi connectivity index (χ2v) is 5.50. The molecule has 2 N–H and O–H groups in total. The molecule has 1 fully saturated rings. The Labute approximate surface area is 111 Å². The zero-order valence-corrected chi connectivity index (χ0v) is 11.6. The van der Waals surface area contributed by atoms with E-state index in [-0.39, 0.29) is 18.0 Å². The molecule has 1 aromatic heterocycles. The molecule has 0 aromatic carbocycles. The maximum atomic E-state index is 12.0. The Hall–Kier alpha value is -1.08. The molecule has 0 spiro atoms. The van der Waals surface area contributed by atoms with Crippen LogP contribution in [0.15, 0.2) is 15.9 Å². The topological polar surface area (TPSA) is 61.4 Å². The summed E-state index contributed by atoms with van der Waals surface area (Å²) in [7, 11) is 1.57. The Bertz CT molecular complexity index is 443. The predicted molar refractivity (Wildman–Crippen MR) is 69.3 cm³/mol. The number of halogens is 1. The summed E-state index contributed by atoms with van der Waals surface area (Å²) in [6, 6.07) is 1.70. The summed E-state index contributed by atoms with van der Waals surface area (Å²) in [4.78, 5) is 25.5. The summed E-state index contributed by atoms with van der Waals surface area (Å²) in [6.07, 6.45) is 0. The molecule has 0 atom stereocenters. The summed E-state index contributed by atoms with van der Waals surface area (Å²) in [6.45, 7) is 1.13. The molecular formula is C10H12BrN3O2S. The summed E-state index contributed by atoms with van der Waals surface area (Å²) in [5.41, 5.74) is 0. The Balaban J connectivity index is 1.86. The molecule has 0 bridgehead atoms. The van der Waals surface area contributed by atoms with Crippen molar-refractivity contribution >= 4 is 39.2 Å². The van der Waals surface area contributed by atoms with Crippen LogP contribution in [0.25, 0.3) is 0 Å². The van der Waals surface area contributed by atoms with Gasteiger partial charge in [-0.2, -0.15) is 0 Å². The molecule has 0 aliphatic carbocycles. The van der Waals surface area contributed by atoms with E-state index in [1.807, 2.05) is 11.4 Å². The predicted octanol–water partition coefficient (Wildman–Crippen LogP) is 1.26. The first-order chi connectivity index (χ1) is 8.11. The Morgan fingerprint density at radius 2 is 2.24 bits per heavy atom. The molecule has 7 heteroatoms. The first-order valence-corrected chi connectivity index (χ1v) is 6.79. The standard InChI is InChI=1S/C10H12BrN3O2S/c1-12-10(16)13-6-4-14(5-6)9(15)8-7(11)2-3-17-8/h2-3,6H,4-5H2,1H3,(H2,12,13,16). The van der Waals surface area contributed by atoms with Crippen LogP contribution in [0.5, 0.6) is 0 Å². The number of carbonyl (C=O) groups excluding carboxylic acids is 2. The van der Waals surface area contributed by atoms with Crippen molar-refractivity contribution in [2.24, 2.45) is 0 Å². The molecule has 3 amide bonds. The van der Waals surface area contributed by atoms with Gasteiger partial charge in [0.1, 0.15) is 4.88 Å². The van der Waals surface area contributed by atoms with Crippen molar-refractivity contribution in [1.82, 2.24) is 15.5 Å². The molecule has 92 valence electrons. The number of hydrogen-bond donors (Lipinski definition) is 2. The van der Waals surface area contributed by atoms with E-state index in [9.17, 15) is 9.59 Å². The SMILES string of the molecule is CNC(=O)NC1CN(C(=O)c2sccc2Br)C1. The minimum atomic E-state index is -0.209. The van der Waals surface area contributed by atoms with Crippen LogP contribution >= 0.6 is 27.3 Å². The van der Waals surface area contributed by atoms with Gasteiger partial charge in [0.25, 0.3) is 5.91 Å². The van der Waals surface area contributed by atoms with E-state index >= 15 is 0 Å². The zero-order valence-electron chi connectivity index (χ0n) is 9.20. The van der Waals surface area contributed by atoms with Crippen LogP contribution in [0.3, 0.4) is 0 Å². The maximum Gasteiger partial charge on any atom is 0.314 e. The lowest BCUT2D eigenvalue weighted by atomic mass is 10.1. The molecule has 1 aromatic rings. The molecule has 1 saturated heterocycles. The molecule has 0 saturated carbocycles. The fourth-order valence-electron chi connectivity index (χ4n) is 1.58. The number of urea groups is 1. The van der Waals surface area contributed by atoms with E-state index in [1.165, 1.54) is 11.3 Å². The second kappa shape index (κ2) is 5.05. The first kappa shape index (κ1) is 12.4. The smallest absolute Gasteiger partial charge is 0.314 e. The summed E-state index contributed by atoms with van der Waals surface area (Å²) < 4.78 is 0.829. The summed E-state index contributed by atoms with van der Waals surface area (Å²) in [5.74, 6) is 0.0156. The Morgan fingerprint density at radius 1 is 1.53 bits per heavy atom. The summed E-state index contributed by atoms with van der Waals surface area (Å²) in [5, 5.41) is 7.12. The third-order valence-electron chi connectivity index (χ3n) is 2.54. The fraction of sp³-hybridized carbons (Fsp3) is 0.400. The van der Waals surface area contributed by atoms with E-state index in [4.69, 9.17) is 0 Å². The number of hydrogen-bond acceptors (Lipinski definition) is 3. The van der Waals surface area contributed by atoms with Gasteiger partial charge in [-0.25, -0.2) is 4.79 Å². The average molecular weight is 318 g/mol. The van der Waals surface area contributed by atoms with Gasteiger partial charge in [0.2, 0.25) is 0 Å². The van der Waals surface area contributed by atoms with E-state index in [0.29, 0.717) is 18.0 Å². The molecule has 1 aliphatic heterocycles. The fourth-order valence-corrected chi connectivity index (χ4v) is 3.09. The van der Waals surface area contributed by atoms with Gasteiger partial charge in [-0.15, -0.1) is 11.3 Å². The highest BCUT2D eigenvalue weighted by Gasteiger charge is 2.33. The average Bonchev–Trinajstić information content (AvgIpc) is 2.68. The van der Waals surface area contributed by atoms with Crippen LogP contribution in [0.4, 0.5) is 4.79 Å². The highest BCUT2D eigenvalue weighted by Crippen LogP contribution is 2.25. The van der Waals surface area contributed by atoms with Crippen LogP contribution < -0.4 is 10.6 Å². The normalized spacial score (nSPS) is 15.3. The number of thiophene rings is 1. The molecular weight excluding hydrogens is 306 g/mol. The minimum Gasteiger partial charge on any atom is -0.341 e. The van der Waals surface area contributed by atoms with Gasteiger partial charge in [0, 0.05) is 24.6 Å². The number of amides is 3. The molecule has 2 heterocycles. The van der Waals surface area contributed by atoms with E-state index in [0.717, 1.165) is 4.47 Å². The maximum absolute atomic E-state index is 12.0. The van der Waals surface area contributed by atoms with Crippen molar-refractivity contribution < 1.29 is 9.59 Å². The van der Waals surface area contributed by atoms with Crippen LogP contribution in [0.2, 0.25) is 0 Å². The van der Waals surface area contributed by atoms with Gasteiger partial charge in [-0.1, -0.05) is 0 Å². The molecule has 0 unspecified atom stereocenters. The largest absolute Gasteiger partial charge is 0.341 e. The van der Waals surface area contributed by atoms with Crippen molar-refractivity contribution in [3.05, 3.63) is 20.8 Å². The van der Waals surface area contributed by atoms with Crippen LogP contribution in [0.1, 0.15) is 9.67 Å². The van der Waals surface area contributed by atoms with E-state index < -0.39 is 0 Å². The Kier molecular flexibility index (Phi) is 3.68. The van der Waals surface area contributed by atoms with Crippen molar-refractivity contribution in [2.75, 3.05) is 20.1 Å². The van der Waals surface area contributed by atoms with Gasteiger partial charge in [-0.05, 0) is 27.4 Å². The van der Waals surface area contributed by atoms with Crippen LogP contribution in [-0.4, -0.2) is 43.0 Å². The monoisotopic (exact) mass is 317 g/mol. The van der Waals surface area contributed by atoms with Crippen LogP contribution in [0, 0.1) is 0 Å². The minimum absolute atomic E-state index is 0.0156. The van der Waals surface area contributed by atoms with Crippen molar-refractivity contribution in [2.45, 2.75) is 6.04 Å². The highest BCUT2D eigenvalue weighted by molar-refractivity contribution is 9.10. The Morgan fingerprint density at radius 3 is 2.76 bits per heavy atom. The quantitative estimate of drug-likeness (QED) is 0.862. The van der Waals surface area contributed by atoms with E-state index in [1.54, 1.807) is 11.9 Å². The number of likely N-dealkylation sites (tertiary alicyclic amines) is 1. The van der Waals surface area contributed by atoms with Gasteiger partial charge in [0.05, 0.1) is 6.04 Å². The number of carbonyl (C=O) groups is 2. The van der Waals surface area contributed by atoms with E-state index in [2.05, 4.69) is 26.6 Å². The number of nitrogens with one attached hydrogen (secondary N) is 2. The lowest BCUT2D eigenvalue weighted by Gasteiger charge is -2.39. The van der Waals surface area contributed by atoms with Gasteiger partial charge in [-0.3, -0.25) is 4.79 Å². The second-order valence-electron chi connectivity index (χ2n) is 3.73. The highest BCUT2D eigenvalue weighted by atomic mass is 79.9. The van der Waals surface area contributed by atoms with Crippen molar-refractivity contribution in [1.29, 1.82) is 0 Å². The molecule has 0 radical (unpaired) electrons. The number of nitrogens with zero attached hydrogens (tertiary/aromatic N) is 1.